The molecule has 0 bridgehead atoms. The first kappa shape index (κ1) is 12.4. The van der Waals surface area contributed by atoms with Gasteiger partial charge in [0.2, 0.25) is 0 Å². The van der Waals surface area contributed by atoms with Gasteiger partial charge in [-0.3, -0.25) is 4.79 Å². The van der Waals surface area contributed by atoms with Gasteiger partial charge in [0.1, 0.15) is 5.82 Å². The molecule has 0 unspecified atom stereocenters. The maximum Gasteiger partial charge on any atom is 0.257 e. The highest BCUT2D eigenvalue weighted by Crippen LogP contribution is 2.22. The molecule has 2 heterocycles. The normalized spacial score (nSPS) is 10.8. The fraction of sp³-hybridized carbons (Fsp3) is 0.0714. The zero-order valence-corrected chi connectivity index (χ0v) is 12.3. The number of thiophene rings is 1. The van der Waals surface area contributed by atoms with Gasteiger partial charge in [-0.2, -0.15) is 0 Å². The van der Waals surface area contributed by atoms with E-state index in [9.17, 15) is 4.79 Å². The summed E-state index contributed by atoms with van der Waals surface area (Å²) in [6.07, 6.45) is 0. The summed E-state index contributed by atoms with van der Waals surface area (Å²) < 4.78 is 1.11. The lowest BCUT2D eigenvalue weighted by atomic mass is 10.2. The topological polar surface area (TPSA) is 44.9 Å². The number of rotatable bonds is 3. The van der Waals surface area contributed by atoms with E-state index < -0.39 is 0 Å². The average Bonchev–Trinajstić information content (AvgIpc) is 2.82. The second-order valence-corrected chi connectivity index (χ2v) is 6.71. The van der Waals surface area contributed by atoms with E-state index in [4.69, 9.17) is 0 Å². The predicted molar refractivity (Wildman–Crippen MR) is 83.9 cm³/mol. The molecule has 96 valence electrons. The van der Waals surface area contributed by atoms with Gasteiger partial charge in [-0.25, -0.2) is 0 Å². The van der Waals surface area contributed by atoms with Crippen molar-refractivity contribution in [1.82, 2.24) is 4.98 Å². The van der Waals surface area contributed by atoms with Gasteiger partial charge in [-0.1, -0.05) is 18.2 Å². The van der Waals surface area contributed by atoms with E-state index >= 15 is 0 Å². The van der Waals surface area contributed by atoms with Gasteiger partial charge in [0.15, 0.2) is 0 Å². The van der Waals surface area contributed by atoms with Gasteiger partial charge in [0, 0.05) is 10.3 Å². The van der Waals surface area contributed by atoms with Crippen molar-refractivity contribution in [3.63, 3.8) is 0 Å². The van der Waals surface area contributed by atoms with Crippen LogP contribution in [0.15, 0.2) is 51.0 Å². The first-order valence-electron chi connectivity index (χ1n) is 5.82. The van der Waals surface area contributed by atoms with E-state index in [-0.39, 0.29) is 5.56 Å². The minimum absolute atomic E-state index is 0.0621. The predicted octanol–water partition coefficient (Wildman–Crippen LogP) is 3.96. The average molecular weight is 335 g/mol. The summed E-state index contributed by atoms with van der Waals surface area (Å²) >= 11 is 5.11. The van der Waals surface area contributed by atoms with Crippen molar-refractivity contribution < 1.29 is 0 Å². The van der Waals surface area contributed by atoms with E-state index in [1.54, 1.807) is 11.3 Å². The van der Waals surface area contributed by atoms with Crippen LogP contribution >= 0.6 is 27.3 Å². The highest BCUT2D eigenvalue weighted by molar-refractivity contribution is 9.11. The van der Waals surface area contributed by atoms with Crippen molar-refractivity contribution in [3.05, 3.63) is 61.5 Å². The lowest BCUT2D eigenvalue weighted by Gasteiger charge is -2.06. The highest BCUT2D eigenvalue weighted by Gasteiger charge is 2.02. The van der Waals surface area contributed by atoms with E-state index in [0.717, 1.165) is 15.0 Å². The van der Waals surface area contributed by atoms with Crippen LogP contribution in [0.2, 0.25) is 0 Å². The summed E-state index contributed by atoms with van der Waals surface area (Å²) in [5.41, 5.74) is -0.0621. The minimum Gasteiger partial charge on any atom is -0.367 e. The Morgan fingerprint density at radius 1 is 1.21 bits per heavy atom. The third-order valence-electron chi connectivity index (χ3n) is 2.84. The van der Waals surface area contributed by atoms with E-state index in [1.807, 2.05) is 36.4 Å². The molecule has 0 saturated carbocycles. The number of aromatic amines is 1. The van der Waals surface area contributed by atoms with Gasteiger partial charge in [-0.05, 0) is 45.6 Å². The fourth-order valence-corrected chi connectivity index (χ4v) is 3.36. The van der Waals surface area contributed by atoms with Crippen LogP contribution in [0, 0.1) is 0 Å². The van der Waals surface area contributed by atoms with Crippen LogP contribution in [0.4, 0.5) is 5.82 Å². The number of nitrogens with one attached hydrogen (secondary N) is 2. The van der Waals surface area contributed by atoms with Gasteiger partial charge in [-0.15, -0.1) is 11.3 Å². The molecule has 0 aliphatic rings. The van der Waals surface area contributed by atoms with E-state index in [1.165, 1.54) is 4.88 Å². The van der Waals surface area contributed by atoms with Gasteiger partial charge in [0.05, 0.1) is 10.3 Å². The zero-order valence-electron chi connectivity index (χ0n) is 9.94. The lowest BCUT2D eigenvalue weighted by molar-refractivity contribution is 1.13. The van der Waals surface area contributed by atoms with E-state index in [0.29, 0.717) is 11.9 Å². The summed E-state index contributed by atoms with van der Waals surface area (Å²) in [6.45, 7) is 0.699. The highest BCUT2D eigenvalue weighted by atomic mass is 79.9. The largest absolute Gasteiger partial charge is 0.367 e. The Morgan fingerprint density at radius 3 is 2.84 bits per heavy atom. The third-order valence-corrected chi connectivity index (χ3v) is 4.46. The van der Waals surface area contributed by atoms with Crippen LogP contribution < -0.4 is 10.9 Å². The van der Waals surface area contributed by atoms with Gasteiger partial charge < -0.3 is 10.3 Å². The molecule has 1 aromatic carbocycles. The molecule has 0 atom stereocenters. The quantitative estimate of drug-likeness (QED) is 0.761. The van der Waals surface area contributed by atoms with Gasteiger partial charge >= 0.3 is 0 Å². The maximum absolute atomic E-state index is 11.9. The summed E-state index contributed by atoms with van der Waals surface area (Å²) in [6, 6.07) is 13.6. The molecular weight excluding hydrogens is 324 g/mol. The van der Waals surface area contributed by atoms with Crippen LogP contribution in [0.3, 0.4) is 0 Å². The number of halogens is 1. The molecule has 2 aromatic heterocycles. The van der Waals surface area contributed by atoms with Crippen molar-refractivity contribution in [2.24, 2.45) is 0 Å². The van der Waals surface area contributed by atoms with Crippen LogP contribution in [0.5, 0.6) is 0 Å². The first-order chi connectivity index (χ1) is 9.22. The second-order valence-electron chi connectivity index (χ2n) is 4.16. The van der Waals surface area contributed by atoms with Crippen molar-refractivity contribution in [2.45, 2.75) is 6.54 Å². The summed E-state index contributed by atoms with van der Waals surface area (Å²) in [4.78, 5) is 16.0. The molecule has 3 aromatic rings. The van der Waals surface area contributed by atoms with Crippen molar-refractivity contribution in [1.29, 1.82) is 0 Å². The summed E-state index contributed by atoms with van der Waals surface area (Å²) in [5.74, 6) is 0.744. The molecule has 2 N–H and O–H groups in total. The van der Waals surface area contributed by atoms with Crippen LogP contribution in [-0.4, -0.2) is 4.98 Å². The lowest BCUT2D eigenvalue weighted by Crippen LogP contribution is -2.10. The minimum atomic E-state index is -0.0621. The van der Waals surface area contributed by atoms with Crippen molar-refractivity contribution in [2.75, 3.05) is 5.32 Å². The van der Waals surface area contributed by atoms with Crippen LogP contribution in [0.25, 0.3) is 10.8 Å². The second kappa shape index (κ2) is 5.19. The number of fused-ring (bicyclic) bond motifs is 1. The van der Waals surface area contributed by atoms with Gasteiger partial charge in [0.25, 0.3) is 5.56 Å². The van der Waals surface area contributed by atoms with Crippen LogP contribution in [-0.2, 0) is 6.54 Å². The third kappa shape index (κ3) is 2.72. The molecule has 5 heteroatoms. The number of aromatic nitrogens is 1. The Labute approximate surface area is 122 Å². The molecule has 19 heavy (non-hydrogen) atoms. The Morgan fingerprint density at radius 2 is 2.05 bits per heavy atom. The van der Waals surface area contributed by atoms with E-state index in [2.05, 4.69) is 32.3 Å². The zero-order chi connectivity index (χ0) is 13.2. The Balaban J connectivity index is 1.87. The molecule has 0 saturated heterocycles. The molecule has 0 fully saturated rings. The Kier molecular flexibility index (Phi) is 3.40. The van der Waals surface area contributed by atoms with Crippen molar-refractivity contribution >= 4 is 43.9 Å². The molecule has 3 rings (SSSR count). The monoisotopic (exact) mass is 334 g/mol. The number of hydrogen-bond acceptors (Lipinski definition) is 3. The fourth-order valence-electron chi connectivity index (χ4n) is 1.94. The number of hydrogen-bond donors (Lipinski definition) is 2. The smallest absolute Gasteiger partial charge is 0.257 e. The first-order valence-corrected chi connectivity index (χ1v) is 7.43. The Bertz CT molecular complexity index is 778. The molecular formula is C14H11BrN2OS. The maximum atomic E-state index is 11.9. The summed E-state index contributed by atoms with van der Waals surface area (Å²) in [5, 5.41) is 4.90. The number of pyridine rings is 1. The standard InChI is InChI=1S/C14H11BrN2OS/c15-12-6-5-10(19-12)8-16-13-7-9-3-1-2-4-11(9)14(18)17-13/h1-7H,8H2,(H2,16,17,18). The SMILES string of the molecule is O=c1[nH]c(NCc2ccc(Br)s2)cc2ccccc12. The van der Waals surface area contributed by atoms with Crippen molar-refractivity contribution in [3.8, 4) is 0 Å². The number of benzene rings is 1. The molecule has 0 amide bonds. The molecule has 0 aliphatic carbocycles. The number of anilines is 1. The number of H-pyrrole nitrogens is 1. The molecule has 0 radical (unpaired) electrons. The molecule has 0 aliphatic heterocycles. The molecule has 3 nitrogen and oxygen atoms in total. The van der Waals surface area contributed by atoms with Crippen LogP contribution in [0.1, 0.15) is 4.88 Å². The summed E-state index contributed by atoms with van der Waals surface area (Å²) in [7, 11) is 0. The Hall–Kier alpha value is -1.59. The molecule has 0 spiro atoms.